The van der Waals surface area contributed by atoms with Crippen LogP contribution in [-0.4, -0.2) is 0 Å². The molecule has 3 aromatic carbocycles. The molecule has 0 aliphatic heterocycles. The molecule has 31 heavy (non-hydrogen) atoms. The zero-order valence-electron chi connectivity index (χ0n) is 19.3. The van der Waals surface area contributed by atoms with Crippen molar-refractivity contribution in [3.05, 3.63) is 90.5 Å². The molecule has 0 saturated heterocycles. The van der Waals surface area contributed by atoms with Crippen LogP contribution in [0.3, 0.4) is 0 Å². The van der Waals surface area contributed by atoms with Crippen molar-refractivity contribution in [3.8, 4) is 0 Å². The van der Waals surface area contributed by atoms with Crippen molar-refractivity contribution in [2.24, 2.45) is 0 Å². The Labute approximate surface area is 190 Å². The summed E-state index contributed by atoms with van der Waals surface area (Å²) in [7, 11) is 0. The fourth-order valence-electron chi connectivity index (χ4n) is 4.23. The van der Waals surface area contributed by atoms with Crippen LogP contribution in [-0.2, 0) is 6.42 Å². The average Bonchev–Trinajstić information content (AvgIpc) is 2.83. The van der Waals surface area contributed by atoms with E-state index in [2.05, 4.69) is 96.8 Å². The number of anilines is 3. The van der Waals surface area contributed by atoms with E-state index in [4.69, 9.17) is 0 Å². The first kappa shape index (κ1) is 23.1. The van der Waals surface area contributed by atoms with E-state index in [9.17, 15) is 0 Å². The molecule has 0 aliphatic rings. The number of hydrogen-bond donors (Lipinski definition) is 0. The van der Waals surface area contributed by atoms with E-state index in [1.165, 1.54) is 93.3 Å². The SMILES string of the molecule is CCCCCCCCCCCCc1ccc(N(c2ccccc2)c2ccccc2)cc1. The van der Waals surface area contributed by atoms with Crippen LogP contribution < -0.4 is 4.90 Å². The molecule has 0 saturated carbocycles. The summed E-state index contributed by atoms with van der Waals surface area (Å²) in [6.45, 7) is 2.29. The van der Waals surface area contributed by atoms with Gasteiger partial charge in [0.05, 0.1) is 0 Å². The predicted octanol–water partition coefficient (Wildman–Crippen LogP) is 9.62. The van der Waals surface area contributed by atoms with Crippen molar-refractivity contribution in [1.82, 2.24) is 0 Å². The summed E-state index contributed by atoms with van der Waals surface area (Å²) in [4.78, 5) is 2.32. The fraction of sp³-hybridized carbons (Fsp3) is 0.400. The Balaban J connectivity index is 1.47. The lowest BCUT2D eigenvalue weighted by Gasteiger charge is -2.25. The molecule has 0 heterocycles. The second-order valence-electron chi connectivity index (χ2n) is 8.60. The highest BCUT2D eigenvalue weighted by molar-refractivity contribution is 5.76. The van der Waals surface area contributed by atoms with Gasteiger partial charge < -0.3 is 4.90 Å². The van der Waals surface area contributed by atoms with Gasteiger partial charge in [-0.1, -0.05) is 113 Å². The van der Waals surface area contributed by atoms with Gasteiger partial charge in [0.15, 0.2) is 0 Å². The fourth-order valence-corrected chi connectivity index (χ4v) is 4.23. The number of hydrogen-bond acceptors (Lipinski definition) is 1. The number of aryl methyl sites for hydroxylation is 1. The molecule has 0 unspecified atom stereocenters. The molecule has 0 radical (unpaired) electrons. The minimum atomic E-state index is 1.19. The predicted molar refractivity (Wildman–Crippen MR) is 137 cm³/mol. The molecule has 1 heteroatoms. The van der Waals surface area contributed by atoms with Gasteiger partial charge in [0.2, 0.25) is 0 Å². The van der Waals surface area contributed by atoms with Gasteiger partial charge in [-0.05, 0) is 54.8 Å². The largest absolute Gasteiger partial charge is 0.311 e. The molecule has 164 valence electrons. The van der Waals surface area contributed by atoms with E-state index in [0.717, 1.165) is 0 Å². The number of benzene rings is 3. The summed E-state index contributed by atoms with van der Waals surface area (Å²) in [6.07, 6.45) is 15.1. The highest BCUT2D eigenvalue weighted by atomic mass is 15.1. The van der Waals surface area contributed by atoms with Crippen LogP contribution in [0.2, 0.25) is 0 Å². The highest BCUT2D eigenvalue weighted by Crippen LogP contribution is 2.34. The lowest BCUT2D eigenvalue weighted by Crippen LogP contribution is -2.09. The third-order valence-corrected chi connectivity index (χ3v) is 6.04. The van der Waals surface area contributed by atoms with Gasteiger partial charge in [-0.25, -0.2) is 0 Å². The third-order valence-electron chi connectivity index (χ3n) is 6.04. The maximum atomic E-state index is 2.32. The minimum absolute atomic E-state index is 1.19. The molecule has 0 spiro atoms. The molecule has 0 aromatic heterocycles. The molecule has 0 N–H and O–H groups in total. The second-order valence-corrected chi connectivity index (χ2v) is 8.60. The van der Waals surface area contributed by atoms with Crippen LogP contribution >= 0.6 is 0 Å². The maximum absolute atomic E-state index is 2.32. The van der Waals surface area contributed by atoms with Gasteiger partial charge in [-0.15, -0.1) is 0 Å². The molecule has 3 rings (SSSR count). The molecule has 0 atom stereocenters. The standard InChI is InChI=1S/C30H39N/c1-2-3-4-5-6-7-8-9-10-13-18-27-23-25-30(26-24-27)31(28-19-14-11-15-20-28)29-21-16-12-17-22-29/h11-12,14-17,19-26H,2-10,13,18H2,1H3. The normalized spacial score (nSPS) is 10.9. The Morgan fingerprint density at radius 3 is 1.35 bits per heavy atom. The minimum Gasteiger partial charge on any atom is -0.311 e. The van der Waals surface area contributed by atoms with E-state index in [1.54, 1.807) is 0 Å². The van der Waals surface area contributed by atoms with Crippen molar-refractivity contribution < 1.29 is 0 Å². The Morgan fingerprint density at radius 1 is 0.452 bits per heavy atom. The van der Waals surface area contributed by atoms with E-state index in [-0.39, 0.29) is 0 Å². The Kier molecular flexibility index (Phi) is 10.2. The van der Waals surface area contributed by atoms with Crippen LogP contribution in [0.1, 0.15) is 76.7 Å². The van der Waals surface area contributed by atoms with Crippen LogP contribution in [0.25, 0.3) is 0 Å². The summed E-state index contributed by atoms with van der Waals surface area (Å²) < 4.78 is 0. The first-order valence-corrected chi connectivity index (χ1v) is 12.4. The van der Waals surface area contributed by atoms with Gasteiger partial charge in [-0.2, -0.15) is 0 Å². The highest BCUT2D eigenvalue weighted by Gasteiger charge is 2.11. The molecular weight excluding hydrogens is 374 g/mol. The molecule has 0 bridgehead atoms. The van der Waals surface area contributed by atoms with Crippen LogP contribution in [0, 0.1) is 0 Å². The molecule has 1 nitrogen and oxygen atoms in total. The average molecular weight is 414 g/mol. The first-order chi connectivity index (χ1) is 15.4. The van der Waals surface area contributed by atoms with Crippen LogP contribution in [0.15, 0.2) is 84.9 Å². The summed E-state index contributed by atoms with van der Waals surface area (Å²) >= 11 is 0. The topological polar surface area (TPSA) is 3.24 Å². The quantitative estimate of drug-likeness (QED) is 0.238. The van der Waals surface area contributed by atoms with Crippen molar-refractivity contribution in [2.45, 2.75) is 77.6 Å². The molecule has 0 aliphatic carbocycles. The maximum Gasteiger partial charge on any atom is 0.0461 e. The number of nitrogens with zero attached hydrogens (tertiary/aromatic N) is 1. The van der Waals surface area contributed by atoms with Gasteiger partial charge in [0, 0.05) is 17.1 Å². The third kappa shape index (κ3) is 7.90. The molecule has 0 amide bonds. The lowest BCUT2D eigenvalue weighted by atomic mass is 10.0. The van der Waals surface area contributed by atoms with Gasteiger partial charge in [-0.3, -0.25) is 0 Å². The molecule has 3 aromatic rings. The molecular formula is C30H39N. The Hall–Kier alpha value is -2.54. The zero-order valence-corrected chi connectivity index (χ0v) is 19.3. The lowest BCUT2D eigenvalue weighted by molar-refractivity contribution is 0.556. The number of unbranched alkanes of at least 4 members (excludes halogenated alkanes) is 9. The van der Waals surface area contributed by atoms with Gasteiger partial charge in [0.25, 0.3) is 0 Å². The van der Waals surface area contributed by atoms with Crippen molar-refractivity contribution in [3.63, 3.8) is 0 Å². The number of rotatable bonds is 14. The van der Waals surface area contributed by atoms with E-state index in [1.807, 2.05) is 0 Å². The second kappa shape index (κ2) is 13.7. The summed E-state index contributed by atoms with van der Waals surface area (Å²) in [5, 5.41) is 0. The first-order valence-electron chi connectivity index (χ1n) is 12.4. The van der Waals surface area contributed by atoms with Gasteiger partial charge in [0.1, 0.15) is 0 Å². The van der Waals surface area contributed by atoms with Crippen molar-refractivity contribution in [2.75, 3.05) is 4.90 Å². The van der Waals surface area contributed by atoms with Crippen LogP contribution in [0.5, 0.6) is 0 Å². The zero-order chi connectivity index (χ0) is 21.6. The smallest absolute Gasteiger partial charge is 0.0461 e. The van der Waals surface area contributed by atoms with Crippen molar-refractivity contribution in [1.29, 1.82) is 0 Å². The monoisotopic (exact) mass is 413 g/mol. The van der Waals surface area contributed by atoms with E-state index in [0.29, 0.717) is 0 Å². The van der Waals surface area contributed by atoms with Crippen LogP contribution in [0.4, 0.5) is 17.1 Å². The molecule has 0 fully saturated rings. The summed E-state index contributed by atoms with van der Waals surface area (Å²) in [6, 6.07) is 30.4. The van der Waals surface area contributed by atoms with Gasteiger partial charge >= 0.3 is 0 Å². The van der Waals surface area contributed by atoms with E-state index >= 15 is 0 Å². The van der Waals surface area contributed by atoms with Crippen molar-refractivity contribution >= 4 is 17.1 Å². The summed E-state index contributed by atoms with van der Waals surface area (Å²) in [5.74, 6) is 0. The Morgan fingerprint density at radius 2 is 0.871 bits per heavy atom. The Bertz CT molecular complexity index is 784. The summed E-state index contributed by atoms with van der Waals surface area (Å²) in [5.41, 5.74) is 5.04. The number of para-hydroxylation sites is 2. The van der Waals surface area contributed by atoms with E-state index < -0.39 is 0 Å².